The van der Waals surface area contributed by atoms with Crippen LogP contribution in [-0.2, 0) is 14.8 Å². The summed E-state index contributed by atoms with van der Waals surface area (Å²) in [6.07, 6.45) is 0. The first-order valence-corrected chi connectivity index (χ1v) is 8.38. The molecule has 0 aliphatic rings. The van der Waals surface area contributed by atoms with E-state index in [2.05, 4.69) is 10.0 Å². The molecule has 0 radical (unpaired) electrons. The van der Waals surface area contributed by atoms with Gasteiger partial charge in [0, 0.05) is 12.6 Å². The number of nitrogens with one attached hydrogen (secondary N) is 2. The Labute approximate surface area is 138 Å². The van der Waals surface area contributed by atoms with E-state index < -0.39 is 10.0 Å². The van der Waals surface area contributed by atoms with Crippen molar-refractivity contribution in [2.45, 2.75) is 11.8 Å². The summed E-state index contributed by atoms with van der Waals surface area (Å²) in [5, 5.41) is 2.67. The number of benzene rings is 2. The molecule has 0 fully saturated rings. The second kappa shape index (κ2) is 6.56. The van der Waals surface area contributed by atoms with Crippen molar-refractivity contribution in [1.29, 1.82) is 0 Å². The Kier molecular flexibility index (Phi) is 4.95. The molecule has 8 heteroatoms. The van der Waals surface area contributed by atoms with Crippen LogP contribution in [0.3, 0.4) is 0 Å². The number of anilines is 2. The molecule has 0 aliphatic heterocycles. The summed E-state index contributed by atoms with van der Waals surface area (Å²) in [6, 6.07) is 10.7. The lowest BCUT2D eigenvalue weighted by Crippen LogP contribution is -2.14. The molecule has 0 spiro atoms. The lowest BCUT2D eigenvalue weighted by Gasteiger charge is -2.11. The summed E-state index contributed by atoms with van der Waals surface area (Å²) in [5.41, 5.74) is 0.771. The van der Waals surface area contributed by atoms with Gasteiger partial charge in [0.25, 0.3) is 10.0 Å². The Balaban J connectivity index is 2.33. The molecule has 116 valence electrons. The van der Waals surface area contributed by atoms with Crippen molar-refractivity contribution in [2.75, 3.05) is 10.0 Å². The first-order chi connectivity index (χ1) is 10.3. The molecule has 2 N–H and O–H groups in total. The Morgan fingerprint density at radius 2 is 1.68 bits per heavy atom. The Hall–Kier alpha value is -1.76. The molecule has 1 amide bonds. The maximum Gasteiger partial charge on any atom is 0.263 e. The van der Waals surface area contributed by atoms with Crippen LogP contribution in [0.1, 0.15) is 6.92 Å². The second-order valence-corrected chi connectivity index (χ2v) is 6.86. The minimum atomic E-state index is -3.89. The fourth-order valence-corrected chi connectivity index (χ4v) is 3.58. The molecule has 0 aromatic heterocycles. The van der Waals surface area contributed by atoms with E-state index in [1.807, 2.05) is 0 Å². The van der Waals surface area contributed by atoms with Crippen molar-refractivity contribution in [1.82, 2.24) is 0 Å². The van der Waals surface area contributed by atoms with Crippen LogP contribution in [0, 0.1) is 0 Å². The van der Waals surface area contributed by atoms with Crippen LogP contribution < -0.4 is 10.0 Å². The minimum absolute atomic E-state index is 0.0466. The van der Waals surface area contributed by atoms with Crippen LogP contribution in [0.4, 0.5) is 11.4 Å². The average Bonchev–Trinajstić information content (AvgIpc) is 2.40. The van der Waals surface area contributed by atoms with Gasteiger partial charge in [-0.25, -0.2) is 8.42 Å². The number of carbonyl (C=O) groups is 1. The zero-order valence-electron chi connectivity index (χ0n) is 11.4. The van der Waals surface area contributed by atoms with Gasteiger partial charge >= 0.3 is 0 Å². The molecule has 0 saturated heterocycles. The molecule has 22 heavy (non-hydrogen) atoms. The first kappa shape index (κ1) is 16.6. The number of sulfonamides is 1. The van der Waals surface area contributed by atoms with E-state index in [4.69, 9.17) is 23.2 Å². The predicted molar refractivity (Wildman–Crippen MR) is 88.0 cm³/mol. The second-order valence-electron chi connectivity index (χ2n) is 4.42. The molecule has 0 atom stereocenters. The lowest BCUT2D eigenvalue weighted by molar-refractivity contribution is -0.114. The highest BCUT2D eigenvalue weighted by molar-refractivity contribution is 7.92. The summed E-state index contributed by atoms with van der Waals surface area (Å²) in [6.45, 7) is 1.36. The van der Waals surface area contributed by atoms with Crippen LogP contribution in [0.5, 0.6) is 0 Å². The highest BCUT2D eigenvalue weighted by atomic mass is 35.5. The molecule has 0 aliphatic carbocycles. The topological polar surface area (TPSA) is 75.3 Å². The van der Waals surface area contributed by atoms with E-state index in [0.29, 0.717) is 11.4 Å². The van der Waals surface area contributed by atoms with Crippen LogP contribution in [0.25, 0.3) is 0 Å². The monoisotopic (exact) mass is 358 g/mol. The largest absolute Gasteiger partial charge is 0.326 e. The van der Waals surface area contributed by atoms with Crippen LogP contribution in [-0.4, -0.2) is 14.3 Å². The zero-order valence-corrected chi connectivity index (χ0v) is 13.8. The third-order valence-corrected chi connectivity index (χ3v) is 5.00. The predicted octanol–water partition coefficient (Wildman–Crippen LogP) is 3.75. The normalized spacial score (nSPS) is 11.0. The van der Waals surface area contributed by atoms with Crippen LogP contribution in [0.15, 0.2) is 47.4 Å². The molecular formula is C14H12Cl2N2O3S. The minimum Gasteiger partial charge on any atom is -0.326 e. The average molecular weight is 359 g/mol. The quantitative estimate of drug-likeness (QED) is 0.873. The van der Waals surface area contributed by atoms with E-state index in [-0.39, 0.29) is 20.8 Å². The van der Waals surface area contributed by atoms with Gasteiger partial charge in [0.2, 0.25) is 5.91 Å². The third-order valence-electron chi connectivity index (χ3n) is 2.64. The van der Waals surface area contributed by atoms with Crippen molar-refractivity contribution < 1.29 is 13.2 Å². The van der Waals surface area contributed by atoms with E-state index >= 15 is 0 Å². The summed E-state index contributed by atoms with van der Waals surface area (Å²) in [5.74, 6) is -0.252. The van der Waals surface area contributed by atoms with Gasteiger partial charge in [-0.15, -0.1) is 0 Å². The zero-order chi connectivity index (χ0) is 16.3. The lowest BCUT2D eigenvalue weighted by atomic mass is 10.3. The number of hydrogen-bond donors (Lipinski definition) is 2. The molecule has 0 bridgehead atoms. The number of rotatable bonds is 4. The SMILES string of the molecule is CC(=O)Nc1cccc(NS(=O)(=O)c2cccc(Cl)c2Cl)c1. The van der Waals surface area contributed by atoms with Crippen LogP contribution in [0.2, 0.25) is 10.0 Å². The van der Waals surface area contributed by atoms with Crippen molar-refractivity contribution in [3.8, 4) is 0 Å². The Morgan fingerprint density at radius 1 is 1.05 bits per heavy atom. The van der Waals surface area contributed by atoms with Gasteiger partial charge in [0.1, 0.15) is 4.90 Å². The van der Waals surface area contributed by atoms with E-state index in [9.17, 15) is 13.2 Å². The third kappa shape index (κ3) is 3.91. The first-order valence-electron chi connectivity index (χ1n) is 6.14. The molecule has 2 aromatic carbocycles. The highest BCUT2D eigenvalue weighted by Crippen LogP contribution is 2.30. The Morgan fingerprint density at radius 3 is 2.36 bits per heavy atom. The van der Waals surface area contributed by atoms with E-state index in [1.54, 1.807) is 18.2 Å². The van der Waals surface area contributed by atoms with Gasteiger partial charge in [-0.2, -0.15) is 0 Å². The smallest absolute Gasteiger partial charge is 0.263 e. The number of carbonyl (C=O) groups excluding carboxylic acids is 1. The highest BCUT2D eigenvalue weighted by Gasteiger charge is 2.19. The maximum absolute atomic E-state index is 12.4. The number of hydrogen-bond acceptors (Lipinski definition) is 3. The van der Waals surface area contributed by atoms with Gasteiger partial charge in [-0.3, -0.25) is 9.52 Å². The van der Waals surface area contributed by atoms with Crippen molar-refractivity contribution in [3.05, 3.63) is 52.5 Å². The summed E-state index contributed by atoms with van der Waals surface area (Å²) in [7, 11) is -3.89. The van der Waals surface area contributed by atoms with E-state index in [1.165, 1.54) is 31.2 Å². The molecule has 5 nitrogen and oxygen atoms in total. The number of halogens is 2. The maximum atomic E-state index is 12.4. The van der Waals surface area contributed by atoms with Gasteiger partial charge in [0.05, 0.1) is 15.7 Å². The van der Waals surface area contributed by atoms with Gasteiger partial charge < -0.3 is 5.32 Å². The van der Waals surface area contributed by atoms with Crippen molar-refractivity contribution >= 4 is 50.5 Å². The van der Waals surface area contributed by atoms with Gasteiger partial charge in [0.15, 0.2) is 0 Å². The van der Waals surface area contributed by atoms with Crippen molar-refractivity contribution in [2.24, 2.45) is 0 Å². The summed E-state index contributed by atoms with van der Waals surface area (Å²) >= 11 is 11.8. The number of amides is 1. The Bertz CT molecular complexity index is 823. The molecule has 2 aromatic rings. The fourth-order valence-electron chi connectivity index (χ4n) is 1.77. The standard InChI is InChI=1S/C14H12Cl2N2O3S/c1-9(19)17-10-4-2-5-11(8-10)18-22(20,21)13-7-3-6-12(15)14(13)16/h2-8,18H,1H3,(H,17,19). The van der Waals surface area contributed by atoms with Crippen molar-refractivity contribution in [3.63, 3.8) is 0 Å². The molecule has 2 rings (SSSR count). The molecular weight excluding hydrogens is 347 g/mol. The summed E-state index contributed by atoms with van der Waals surface area (Å²) in [4.78, 5) is 10.9. The van der Waals surface area contributed by atoms with Gasteiger partial charge in [-0.05, 0) is 30.3 Å². The molecule has 0 saturated carbocycles. The molecule has 0 heterocycles. The summed E-state index contributed by atoms with van der Waals surface area (Å²) < 4.78 is 27.1. The van der Waals surface area contributed by atoms with Crippen LogP contribution >= 0.6 is 23.2 Å². The fraction of sp³-hybridized carbons (Fsp3) is 0.0714. The van der Waals surface area contributed by atoms with E-state index in [0.717, 1.165) is 0 Å². The van der Waals surface area contributed by atoms with Gasteiger partial charge in [-0.1, -0.05) is 35.3 Å². The molecule has 0 unspecified atom stereocenters.